The lowest BCUT2D eigenvalue weighted by molar-refractivity contribution is -0.112. The molecule has 2 fully saturated rings. The molecule has 4 atom stereocenters. The Kier molecular flexibility index (Phi) is 4.04. The number of ether oxygens (including phenoxy) is 3. The third kappa shape index (κ3) is 2.38. The van der Waals surface area contributed by atoms with Crippen molar-refractivity contribution in [1.82, 2.24) is 0 Å². The first-order valence-corrected chi connectivity index (χ1v) is 7.99. The molecular weight excluding hydrogens is 283 g/mol. The normalized spacial score (nSPS) is 37.2. The van der Waals surface area contributed by atoms with Gasteiger partial charge in [0.1, 0.15) is 11.4 Å². The highest BCUT2D eigenvalue weighted by molar-refractivity contribution is 5.18. The summed E-state index contributed by atoms with van der Waals surface area (Å²) in [5.41, 5.74) is -0.0460. The highest BCUT2D eigenvalue weighted by Gasteiger charge is 2.66. The second-order valence-corrected chi connectivity index (χ2v) is 7.05. The molecule has 0 spiro atoms. The van der Waals surface area contributed by atoms with E-state index in [0.717, 1.165) is 12.8 Å². The van der Waals surface area contributed by atoms with Crippen molar-refractivity contribution in [2.45, 2.75) is 63.6 Å². The number of benzene rings is 1. The van der Waals surface area contributed by atoms with Crippen LogP contribution in [0.25, 0.3) is 0 Å². The Labute approximate surface area is 131 Å². The molecule has 1 aromatic carbocycles. The fourth-order valence-corrected chi connectivity index (χ4v) is 4.01. The van der Waals surface area contributed by atoms with Crippen LogP contribution in [0.15, 0.2) is 24.3 Å². The first-order chi connectivity index (χ1) is 10.4. The Balaban J connectivity index is 1.74. The van der Waals surface area contributed by atoms with Gasteiger partial charge in [-0.25, -0.2) is 4.39 Å². The molecule has 2 aliphatic rings. The van der Waals surface area contributed by atoms with Crippen LogP contribution in [0, 0.1) is 11.7 Å². The topological polar surface area (TPSA) is 27.7 Å². The minimum absolute atomic E-state index is 0.0269. The summed E-state index contributed by atoms with van der Waals surface area (Å²) in [5, 5.41) is 0. The fourth-order valence-electron chi connectivity index (χ4n) is 4.01. The van der Waals surface area contributed by atoms with Gasteiger partial charge >= 0.3 is 0 Å². The number of hydrogen-bond acceptors (Lipinski definition) is 3. The first kappa shape index (κ1) is 15.9. The van der Waals surface area contributed by atoms with E-state index in [-0.39, 0.29) is 35.8 Å². The van der Waals surface area contributed by atoms with Gasteiger partial charge in [-0.2, -0.15) is 0 Å². The van der Waals surface area contributed by atoms with Gasteiger partial charge in [0, 0.05) is 25.5 Å². The lowest BCUT2D eigenvalue weighted by atomic mass is 9.73. The molecule has 3 rings (SSSR count). The Bertz CT molecular complexity index is 547. The third-order valence-corrected chi connectivity index (χ3v) is 5.40. The molecule has 4 heteroatoms. The molecule has 122 valence electrons. The van der Waals surface area contributed by atoms with Crippen molar-refractivity contribution in [3.05, 3.63) is 35.6 Å². The van der Waals surface area contributed by atoms with Gasteiger partial charge < -0.3 is 14.2 Å². The van der Waals surface area contributed by atoms with Crippen molar-refractivity contribution >= 4 is 0 Å². The van der Waals surface area contributed by atoms with Crippen LogP contribution in [0.4, 0.5) is 4.39 Å². The fraction of sp³-hybridized carbons (Fsp3) is 0.667. The van der Waals surface area contributed by atoms with Gasteiger partial charge in [0.25, 0.3) is 0 Å². The predicted molar refractivity (Wildman–Crippen MR) is 82.1 cm³/mol. The van der Waals surface area contributed by atoms with Gasteiger partial charge in [0.15, 0.2) is 0 Å². The van der Waals surface area contributed by atoms with Crippen LogP contribution in [-0.2, 0) is 20.8 Å². The van der Waals surface area contributed by atoms with E-state index < -0.39 is 0 Å². The molecule has 0 aliphatic carbocycles. The zero-order valence-electron chi connectivity index (χ0n) is 13.8. The molecule has 22 heavy (non-hydrogen) atoms. The molecule has 1 aromatic rings. The molecule has 0 N–H and O–H groups in total. The molecule has 0 saturated carbocycles. The summed E-state index contributed by atoms with van der Waals surface area (Å²) in [7, 11) is 1.75. The van der Waals surface area contributed by atoms with E-state index in [4.69, 9.17) is 14.2 Å². The average Bonchev–Trinajstić information content (AvgIpc) is 2.95. The standard InChI is InChI=1S/C18H25FO3/c1-12(2)18-10-15(17(3,22-18)9-16(18)20-4)21-11-13-7-5-6-8-14(13)19/h5-8,12,15-16H,9-11H2,1-4H3/t15-,16-,17+,18-/m1/s1. The van der Waals surface area contributed by atoms with Gasteiger partial charge in [-0.1, -0.05) is 32.0 Å². The second-order valence-electron chi connectivity index (χ2n) is 7.05. The Morgan fingerprint density at radius 1 is 1.27 bits per heavy atom. The van der Waals surface area contributed by atoms with Crippen molar-refractivity contribution < 1.29 is 18.6 Å². The van der Waals surface area contributed by atoms with Crippen molar-refractivity contribution in [2.24, 2.45) is 5.92 Å². The number of hydrogen-bond donors (Lipinski definition) is 0. The Morgan fingerprint density at radius 2 is 2.00 bits per heavy atom. The maximum atomic E-state index is 13.7. The van der Waals surface area contributed by atoms with Crippen molar-refractivity contribution in [3.63, 3.8) is 0 Å². The summed E-state index contributed by atoms with van der Waals surface area (Å²) in [6, 6.07) is 6.76. The number of rotatable bonds is 5. The molecule has 2 aliphatic heterocycles. The highest BCUT2D eigenvalue weighted by atomic mass is 19.1. The van der Waals surface area contributed by atoms with E-state index in [1.807, 2.05) is 6.07 Å². The summed E-state index contributed by atoms with van der Waals surface area (Å²) in [6.45, 7) is 6.69. The van der Waals surface area contributed by atoms with Crippen LogP contribution in [0.5, 0.6) is 0 Å². The van der Waals surface area contributed by atoms with E-state index in [1.165, 1.54) is 6.07 Å². The van der Waals surface area contributed by atoms with Gasteiger partial charge in [0.2, 0.25) is 0 Å². The van der Waals surface area contributed by atoms with Crippen LogP contribution in [0.1, 0.15) is 39.2 Å². The lowest BCUT2D eigenvalue weighted by Crippen LogP contribution is -2.48. The highest BCUT2D eigenvalue weighted by Crippen LogP contribution is 2.56. The minimum Gasteiger partial charge on any atom is -0.378 e. The van der Waals surface area contributed by atoms with Crippen molar-refractivity contribution in [3.8, 4) is 0 Å². The van der Waals surface area contributed by atoms with Gasteiger partial charge in [-0.3, -0.25) is 0 Å². The quantitative estimate of drug-likeness (QED) is 0.830. The number of methoxy groups -OCH3 is 1. The number of halogens is 1. The zero-order valence-corrected chi connectivity index (χ0v) is 13.8. The zero-order chi connectivity index (χ0) is 16.0. The maximum Gasteiger partial charge on any atom is 0.128 e. The van der Waals surface area contributed by atoms with Crippen molar-refractivity contribution in [2.75, 3.05) is 7.11 Å². The molecule has 3 nitrogen and oxygen atoms in total. The molecule has 0 aromatic heterocycles. The van der Waals surface area contributed by atoms with Crippen LogP contribution in [0.3, 0.4) is 0 Å². The SMILES string of the molecule is CO[C@@H]1C[C@]2(C)O[C@@]1(C(C)C)C[C@H]2OCc1ccccc1F. The van der Waals surface area contributed by atoms with Gasteiger partial charge in [-0.15, -0.1) is 0 Å². The summed E-state index contributed by atoms with van der Waals surface area (Å²) in [4.78, 5) is 0. The van der Waals surface area contributed by atoms with E-state index in [1.54, 1.807) is 19.2 Å². The molecule has 0 radical (unpaired) electrons. The van der Waals surface area contributed by atoms with E-state index in [2.05, 4.69) is 20.8 Å². The van der Waals surface area contributed by atoms with Crippen LogP contribution in [0.2, 0.25) is 0 Å². The maximum absolute atomic E-state index is 13.7. The smallest absolute Gasteiger partial charge is 0.128 e. The molecule has 2 heterocycles. The number of fused-ring (bicyclic) bond motifs is 2. The second kappa shape index (κ2) is 5.59. The van der Waals surface area contributed by atoms with Crippen LogP contribution in [-0.4, -0.2) is 30.5 Å². The minimum atomic E-state index is -0.351. The van der Waals surface area contributed by atoms with E-state index >= 15 is 0 Å². The largest absolute Gasteiger partial charge is 0.378 e. The van der Waals surface area contributed by atoms with E-state index in [9.17, 15) is 4.39 Å². The van der Waals surface area contributed by atoms with Crippen LogP contribution >= 0.6 is 0 Å². The Morgan fingerprint density at radius 3 is 2.64 bits per heavy atom. The summed E-state index contributed by atoms with van der Waals surface area (Å²) in [6.07, 6.45) is 1.70. The van der Waals surface area contributed by atoms with Crippen LogP contribution < -0.4 is 0 Å². The monoisotopic (exact) mass is 308 g/mol. The summed E-state index contributed by atoms with van der Waals surface area (Å²) in [5.74, 6) is 0.131. The van der Waals surface area contributed by atoms with E-state index in [0.29, 0.717) is 11.5 Å². The first-order valence-electron chi connectivity index (χ1n) is 7.99. The molecule has 0 amide bonds. The summed E-state index contributed by atoms with van der Waals surface area (Å²) >= 11 is 0. The Hall–Kier alpha value is -0.970. The third-order valence-electron chi connectivity index (χ3n) is 5.40. The molecule has 2 bridgehead atoms. The molecule has 2 saturated heterocycles. The van der Waals surface area contributed by atoms with Gasteiger partial charge in [-0.05, 0) is 18.9 Å². The van der Waals surface area contributed by atoms with Crippen molar-refractivity contribution in [1.29, 1.82) is 0 Å². The molecular formula is C18H25FO3. The lowest BCUT2D eigenvalue weighted by Gasteiger charge is -2.37. The predicted octanol–water partition coefficient (Wildman–Crippen LogP) is 3.70. The summed E-state index contributed by atoms with van der Waals surface area (Å²) < 4.78 is 31.9. The van der Waals surface area contributed by atoms with Gasteiger partial charge in [0.05, 0.1) is 24.4 Å². The average molecular weight is 308 g/mol. The molecule has 0 unspecified atom stereocenters.